The van der Waals surface area contributed by atoms with Gasteiger partial charge in [-0.1, -0.05) is 23.2 Å². The van der Waals surface area contributed by atoms with Crippen LogP contribution < -0.4 is 4.74 Å². The van der Waals surface area contributed by atoms with Gasteiger partial charge in [0.2, 0.25) is 0 Å². The van der Waals surface area contributed by atoms with Crippen LogP contribution in [0.5, 0.6) is 5.75 Å². The van der Waals surface area contributed by atoms with Gasteiger partial charge in [0.1, 0.15) is 10.9 Å². The first-order valence-electron chi connectivity index (χ1n) is 6.36. The molecule has 106 valence electrons. The van der Waals surface area contributed by atoms with Crippen LogP contribution in [-0.2, 0) is 0 Å². The highest BCUT2D eigenvalue weighted by Crippen LogP contribution is 2.29. The van der Waals surface area contributed by atoms with Gasteiger partial charge in [-0.25, -0.2) is 9.97 Å². The van der Waals surface area contributed by atoms with Crippen LogP contribution >= 0.6 is 23.2 Å². The van der Waals surface area contributed by atoms with E-state index < -0.39 is 0 Å². The fourth-order valence-corrected chi connectivity index (χ4v) is 2.66. The Morgan fingerprint density at radius 3 is 2.52 bits per heavy atom. The highest BCUT2D eigenvalue weighted by Gasteiger charge is 2.11. The summed E-state index contributed by atoms with van der Waals surface area (Å²) < 4.78 is 5.23. The normalized spacial score (nSPS) is 10.9. The van der Waals surface area contributed by atoms with Crippen LogP contribution in [0.1, 0.15) is 5.56 Å². The minimum absolute atomic E-state index is 0.423. The third kappa shape index (κ3) is 2.67. The minimum atomic E-state index is 0.423. The molecule has 1 heterocycles. The second-order valence-corrected chi connectivity index (χ2v) is 5.47. The van der Waals surface area contributed by atoms with Crippen molar-refractivity contribution in [3.63, 3.8) is 0 Å². The molecule has 0 N–H and O–H groups in total. The summed E-state index contributed by atoms with van der Waals surface area (Å²) in [5.74, 6) is 1.31. The quantitative estimate of drug-likeness (QED) is 0.629. The fraction of sp³-hybridized carbons (Fsp3) is 0.125. The van der Waals surface area contributed by atoms with Gasteiger partial charge < -0.3 is 4.74 Å². The molecule has 0 radical (unpaired) electrons. The molecule has 3 rings (SSSR count). The van der Waals surface area contributed by atoms with Gasteiger partial charge in [0.25, 0.3) is 0 Å². The average Bonchev–Trinajstić information content (AvgIpc) is 2.46. The number of benzene rings is 2. The Kier molecular flexibility index (Phi) is 3.70. The summed E-state index contributed by atoms with van der Waals surface area (Å²) in [5, 5.41) is 1.91. The highest BCUT2D eigenvalue weighted by molar-refractivity contribution is 6.34. The molecule has 1 aromatic heterocycles. The van der Waals surface area contributed by atoms with Gasteiger partial charge in [0.15, 0.2) is 5.82 Å². The van der Waals surface area contributed by atoms with Crippen molar-refractivity contribution < 1.29 is 4.74 Å². The minimum Gasteiger partial charge on any atom is -0.497 e. The van der Waals surface area contributed by atoms with Gasteiger partial charge in [0.05, 0.1) is 12.6 Å². The molecule has 0 aliphatic heterocycles. The lowest BCUT2D eigenvalue weighted by Crippen LogP contribution is -1.94. The van der Waals surface area contributed by atoms with Crippen molar-refractivity contribution in [2.45, 2.75) is 6.92 Å². The standard InChI is InChI=1S/C16H12Cl2N2O/c1-9-7-10(17)3-5-12(9)16-19-14-8-11(21-2)4-6-13(14)15(18)20-16/h3-8H,1-2H3. The summed E-state index contributed by atoms with van der Waals surface area (Å²) in [4.78, 5) is 8.97. The molecule has 0 saturated heterocycles. The molecule has 0 saturated carbocycles. The van der Waals surface area contributed by atoms with Gasteiger partial charge in [-0.2, -0.15) is 0 Å². The smallest absolute Gasteiger partial charge is 0.161 e. The molecule has 5 heteroatoms. The topological polar surface area (TPSA) is 35.0 Å². The van der Waals surface area contributed by atoms with Crippen LogP contribution in [0.25, 0.3) is 22.3 Å². The molecule has 0 amide bonds. The Balaban J connectivity index is 2.23. The van der Waals surface area contributed by atoms with Crippen LogP contribution in [0.4, 0.5) is 0 Å². The predicted octanol–water partition coefficient (Wildman–Crippen LogP) is 4.92. The Morgan fingerprint density at radius 1 is 1.00 bits per heavy atom. The second kappa shape index (κ2) is 5.51. The molecule has 0 spiro atoms. The number of fused-ring (bicyclic) bond motifs is 1. The largest absolute Gasteiger partial charge is 0.497 e. The van der Waals surface area contributed by atoms with E-state index in [1.165, 1.54) is 0 Å². The van der Waals surface area contributed by atoms with E-state index in [-0.39, 0.29) is 0 Å². The summed E-state index contributed by atoms with van der Waals surface area (Å²) in [6.45, 7) is 1.97. The number of ether oxygens (including phenoxy) is 1. The molecular formula is C16H12Cl2N2O. The van der Waals surface area contributed by atoms with E-state index in [0.717, 1.165) is 27.8 Å². The van der Waals surface area contributed by atoms with E-state index in [2.05, 4.69) is 9.97 Å². The highest BCUT2D eigenvalue weighted by atomic mass is 35.5. The Hall–Kier alpha value is -1.84. The molecule has 0 aliphatic rings. The van der Waals surface area contributed by atoms with Crippen LogP contribution in [0, 0.1) is 6.92 Å². The third-order valence-electron chi connectivity index (χ3n) is 3.29. The molecule has 0 bridgehead atoms. The first-order chi connectivity index (χ1) is 10.1. The lowest BCUT2D eigenvalue weighted by atomic mass is 10.1. The van der Waals surface area contributed by atoms with E-state index in [4.69, 9.17) is 27.9 Å². The van der Waals surface area contributed by atoms with E-state index in [9.17, 15) is 0 Å². The zero-order valence-electron chi connectivity index (χ0n) is 11.5. The lowest BCUT2D eigenvalue weighted by Gasteiger charge is -2.08. The fourth-order valence-electron chi connectivity index (χ4n) is 2.20. The van der Waals surface area contributed by atoms with Gasteiger partial charge in [-0.3, -0.25) is 0 Å². The molecular weight excluding hydrogens is 307 g/mol. The lowest BCUT2D eigenvalue weighted by molar-refractivity contribution is 0.415. The summed E-state index contributed by atoms with van der Waals surface area (Å²) in [6, 6.07) is 11.1. The molecule has 0 fully saturated rings. The zero-order chi connectivity index (χ0) is 15.0. The van der Waals surface area contributed by atoms with Crippen molar-refractivity contribution in [3.05, 3.63) is 52.1 Å². The second-order valence-electron chi connectivity index (χ2n) is 4.68. The van der Waals surface area contributed by atoms with E-state index in [0.29, 0.717) is 16.0 Å². The van der Waals surface area contributed by atoms with Gasteiger partial charge in [0, 0.05) is 22.0 Å². The van der Waals surface area contributed by atoms with Crippen molar-refractivity contribution in [2.75, 3.05) is 7.11 Å². The number of aryl methyl sites for hydroxylation is 1. The summed E-state index contributed by atoms with van der Waals surface area (Å²) >= 11 is 12.3. The number of aromatic nitrogens is 2. The first-order valence-corrected chi connectivity index (χ1v) is 7.12. The Labute approximate surface area is 132 Å². The van der Waals surface area contributed by atoms with Crippen LogP contribution in [0.3, 0.4) is 0 Å². The van der Waals surface area contributed by atoms with Crippen molar-refractivity contribution in [1.29, 1.82) is 0 Å². The number of halogens is 2. The predicted molar refractivity (Wildman–Crippen MR) is 86.3 cm³/mol. The number of rotatable bonds is 2. The van der Waals surface area contributed by atoms with E-state index >= 15 is 0 Å². The number of methoxy groups -OCH3 is 1. The molecule has 3 nitrogen and oxygen atoms in total. The monoisotopic (exact) mass is 318 g/mol. The Morgan fingerprint density at radius 2 is 1.81 bits per heavy atom. The molecule has 3 aromatic rings. The number of nitrogens with zero attached hydrogens (tertiary/aromatic N) is 2. The number of hydrogen-bond acceptors (Lipinski definition) is 3. The van der Waals surface area contributed by atoms with E-state index in [1.807, 2.05) is 43.3 Å². The summed E-state index contributed by atoms with van der Waals surface area (Å²) in [7, 11) is 1.62. The Bertz CT molecular complexity index is 834. The molecule has 2 aromatic carbocycles. The van der Waals surface area contributed by atoms with Gasteiger partial charge in [-0.05, 0) is 42.8 Å². The number of hydrogen-bond donors (Lipinski definition) is 0. The maximum Gasteiger partial charge on any atom is 0.161 e. The van der Waals surface area contributed by atoms with Gasteiger partial charge in [-0.15, -0.1) is 0 Å². The third-order valence-corrected chi connectivity index (χ3v) is 3.81. The van der Waals surface area contributed by atoms with Crippen LogP contribution in [-0.4, -0.2) is 17.1 Å². The molecule has 21 heavy (non-hydrogen) atoms. The van der Waals surface area contributed by atoms with Crippen molar-refractivity contribution >= 4 is 34.1 Å². The van der Waals surface area contributed by atoms with Crippen LogP contribution in [0.15, 0.2) is 36.4 Å². The maximum atomic E-state index is 6.27. The summed E-state index contributed by atoms with van der Waals surface area (Å²) in [6.07, 6.45) is 0. The first kappa shape index (κ1) is 14.1. The molecule has 0 aliphatic carbocycles. The van der Waals surface area contributed by atoms with Crippen molar-refractivity contribution in [2.24, 2.45) is 0 Å². The zero-order valence-corrected chi connectivity index (χ0v) is 13.0. The van der Waals surface area contributed by atoms with Crippen molar-refractivity contribution in [1.82, 2.24) is 9.97 Å². The van der Waals surface area contributed by atoms with Crippen LogP contribution in [0.2, 0.25) is 10.2 Å². The van der Waals surface area contributed by atoms with E-state index in [1.54, 1.807) is 7.11 Å². The molecule has 0 atom stereocenters. The summed E-state index contributed by atoms with van der Waals surface area (Å²) in [5.41, 5.74) is 2.66. The molecule has 0 unspecified atom stereocenters. The average molecular weight is 319 g/mol. The van der Waals surface area contributed by atoms with Crippen molar-refractivity contribution in [3.8, 4) is 17.1 Å². The maximum absolute atomic E-state index is 6.27. The van der Waals surface area contributed by atoms with Gasteiger partial charge >= 0.3 is 0 Å². The SMILES string of the molecule is COc1ccc2c(Cl)nc(-c3ccc(Cl)cc3C)nc2c1.